The Labute approximate surface area is 103 Å². The third-order valence-electron chi connectivity index (χ3n) is 2.44. The van der Waals surface area contributed by atoms with Gasteiger partial charge in [0.05, 0.1) is 6.61 Å². The Hall–Kier alpha value is -1.50. The quantitative estimate of drug-likeness (QED) is 0.774. The van der Waals surface area contributed by atoms with Gasteiger partial charge in [0.15, 0.2) is 5.82 Å². The highest BCUT2D eigenvalue weighted by molar-refractivity contribution is 7.16. The predicted molar refractivity (Wildman–Crippen MR) is 63.1 cm³/mol. The van der Waals surface area contributed by atoms with Crippen molar-refractivity contribution in [1.29, 1.82) is 0 Å². The summed E-state index contributed by atoms with van der Waals surface area (Å²) in [4.78, 5) is 12.5. The summed E-state index contributed by atoms with van der Waals surface area (Å²) >= 11 is 1.38. The minimum atomic E-state index is -0.305. The molecule has 92 valence electrons. The van der Waals surface area contributed by atoms with E-state index in [4.69, 9.17) is 4.74 Å². The van der Waals surface area contributed by atoms with E-state index in [1.807, 2.05) is 13.8 Å². The maximum Gasteiger partial charge on any atom is 0.315 e. The molecule has 0 saturated heterocycles. The van der Waals surface area contributed by atoms with Crippen molar-refractivity contribution in [1.82, 2.24) is 19.8 Å². The zero-order chi connectivity index (χ0) is 12.4. The normalized spacial score (nSPS) is 12.9. The topological polar surface area (TPSA) is 69.4 Å². The van der Waals surface area contributed by atoms with Crippen LogP contribution in [-0.2, 0) is 9.53 Å². The molecule has 0 spiro atoms. The lowest BCUT2D eigenvalue weighted by Crippen LogP contribution is -2.15. The van der Waals surface area contributed by atoms with E-state index in [1.165, 1.54) is 11.3 Å². The third-order valence-corrected chi connectivity index (χ3v) is 3.45. The molecule has 6 nitrogen and oxygen atoms in total. The van der Waals surface area contributed by atoms with Gasteiger partial charge in [0.25, 0.3) is 0 Å². The summed E-state index contributed by atoms with van der Waals surface area (Å²) in [5.41, 5.74) is 0. The summed E-state index contributed by atoms with van der Waals surface area (Å²) < 4.78 is 6.69. The zero-order valence-electron chi connectivity index (χ0n) is 10.0. The molecule has 2 aromatic rings. The lowest BCUT2D eigenvalue weighted by atomic mass is 10.1. The van der Waals surface area contributed by atoms with E-state index in [0.29, 0.717) is 18.0 Å². The Balaban J connectivity index is 2.33. The van der Waals surface area contributed by atoms with Crippen molar-refractivity contribution in [2.75, 3.05) is 6.61 Å². The number of hydrogen-bond acceptors (Lipinski definition) is 6. The highest BCUT2D eigenvalue weighted by Crippen LogP contribution is 2.26. The van der Waals surface area contributed by atoms with Gasteiger partial charge in [-0.1, -0.05) is 18.3 Å². The molecule has 2 rings (SSSR count). The number of fused-ring (bicyclic) bond motifs is 1. The minimum absolute atomic E-state index is 0.224. The Morgan fingerprint density at radius 1 is 1.47 bits per heavy atom. The lowest BCUT2D eigenvalue weighted by molar-refractivity contribution is -0.145. The molecular formula is C10H14N4O2S. The monoisotopic (exact) mass is 254 g/mol. The number of aromatic nitrogens is 4. The number of esters is 1. The fourth-order valence-electron chi connectivity index (χ4n) is 1.56. The lowest BCUT2D eigenvalue weighted by Gasteiger charge is -2.09. The Morgan fingerprint density at radius 2 is 2.24 bits per heavy atom. The van der Waals surface area contributed by atoms with Gasteiger partial charge in [-0.25, -0.2) is 0 Å². The Morgan fingerprint density at radius 3 is 2.82 bits per heavy atom. The number of carbonyl (C=O) groups excluding carboxylic acids is 1. The highest BCUT2D eigenvalue weighted by atomic mass is 32.1. The van der Waals surface area contributed by atoms with Crippen molar-refractivity contribution in [3.63, 3.8) is 0 Å². The summed E-state index contributed by atoms with van der Waals surface area (Å²) in [6.07, 6.45) is 0.669. The first-order valence-corrected chi connectivity index (χ1v) is 6.34. The zero-order valence-corrected chi connectivity index (χ0v) is 10.8. The largest absolute Gasteiger partial charge is 0.465 e. The summed E-state index contributed by atoms with van der Waals surface area (Å²) in [6, 6.07) is 0. The maximum absolute atomic E-state index is 11.8. The van der Waals surface area contributed by atoms with Gasteiger partial charge in [-0.2, -0.15) is 9.61 Å². The van der Waals surface area contributed by atoms with Crippen LogP contribution in [0.2, 0.25) is 0 Å². The summed E-state index contributed by atoms with van der Waals surface area (Å²) in [5, 5.41) is 13.0. The van der Waals surface area contributed by atoms with Crippen LogP contribution in [0.1, 0.15) is 37.0 Å². The number of rotatable bonds is 4. The summed E-state index contributed by atoms with van der Waals surface area (Å²) in [5.74, 6) is 0.194. The van der Waals surface area contributed by atoms with Crippen molar-refractivity contribution in [2.24, 2.45) is 0 Å². The molecule has 17 heavy (non-hydrogen) atoms. The van der Waals surface area contributed by atoms with Crippen molar-refractivity contribution in [3.05, 3.63) is 10.8 Å². The van der Waals surface area contributed by atoms with E-state index >= 15 is 0 Å². The molecule has 2 heterocycles. The van der Waals surface area contributed by atoms with E-state index in [-0.39, 0.29) is 11.9 Å². The molecule has 0 bridgehead atoms. The van der Waals surface area contributed by atoms with Gasteiger partial charge >= 0.3 is 5.97 Å². The second kappa shape index (κ2) is 4.79. The van der Waals surface area contributed by atoms with Crippen LogP contribution < -0.4 is 0 Å². The van der Waals surface area contributed by atoms with Gasteiger partial charge in [-0.05, 0) is 20.3 Å². The second-order valence-corrected chi connectivity index (χ2v) is 4.58. The van der Waals surface area contributed by atoms with Crippen molar-refractivity contribution in [2.45, 2.75) is 33.1 Å². The van der Waals surface area contributed by atoms with Crippen LogP contribution >= 0.6 is 11.3 Å². The van der Waals surface area contributed by atoms with Crippen molar-refractivity contribution < 1.29 is 9.53 Å². The summed E-state index contributed by atoms with van der Waals surface area (Å²) in [7, 11) is 0. The van der Waals surface area contributed by atoms with E-state index in [1.54, 1.807) is 11.4 Å². The van der Waals surface area contributed by atoms with Gasteiger partial charge in [-0.3, -0.25) is 4.79 Å². The molecule has 0 saturated carbocycles. The molecule has 0 fully saturated rings. The molecule has 0 aliphatic heterocycles. The van der Waals surface area contributed by atoms with Gasteiger partial charge in [0, 0.05) is 0 Å². The van der Waals surface area contributed by atoms with Crippen LogP contribution in [0.15, 0.2) is 0 Å². The van der Waals surface area contributed by atoms with Crippen LogP contribution in [0.3, 0.4) is 0 Å². The molecule has 0 aromatic carbocycles. The fraction of sp³-hybridized carbons (Fsp3) is 0.600. The van der Waals surface area contributed by atoms with Crippen LogP contribution in [0.25, 0.3) is 4.96 Å². The maximum atomic E-state index is 11.8. The Kier molecular flexibility index (Phi) is 3.37. The summed E-state index contributed by atoms with van der Waals surface area (Å²) in [6.45, 7) is 5.96. The molecular weight excluding hydrogens is 240 g/mol. The second-order valence-electron chi connectivity index (χ2n) is 3.59. The number of nitrogens with zero attached hydrogens (tertiary/aromatic N) is 4. The molecule has 2 aromatic heterocycles. The highest BCUT2D eigenvalue weighted by Gasteiger charge is 2.25. The number of aryl methyl sites for hydroxylation is 1. The SMILES string of the molecule is CCOC(=O)C(CC)c1nn2c(C)nnc2s1. The minimum Gasteiger partial charge on any atom is -0.465 e. The van der Waals surface area contributed by atoms with E-state index < -0.39 is 0 Å². The molecule has 0 aliphatic rings. The van der Waals surface area contributed by atoms with Crippen LogP contribution in [0, 0.1) is 6.92 Å². The van der Waals surface area contributed by atoms with Gasteiger partial charge in [-0.15, -0.1) is 10.2 Å². The molecule has 0 aliphatic carbocycles. The average molecular weight is 254 g/mol. The first-order chi connectivity index (χ1) is 8.17. The number of hydrogen-bond donors (Lipinski definition) is 0. The average Bonchev–Trinajstić information content (AvgIpc) is 2.83. The number of carbonyl (C=O) groups is 1. The van der Waals surface area contributed by atoms with Crippen molar-refractivity contribution in [3.8, 4) is 0 Å². The molecule has 0 radical (unpaired) electrons. The first-order valence-electron chi connectivity index (χ1n) is 5.52. The fourth-order valence-corrected chi connectivity index (χ4v) is 2.61. The van der Waals surface area contributed by atoms with E-state index in [2.05, 4.69) is 15.3 Å². The Bertz CT molecular complexity index is 533. The van der Waals surface area contributed by atoms with E-state index in [0.717, 1.165) is 10.8 Å². The molecule has 0 N–H and O–H groups in total. The molecule has 1 unspecified atom stereocenters. The van der Waals surface area contributed by atoms with E-state index in [9.17, 15) is 4.79 Å². The van der Waals surface area contributed by atoms with Gasteiger partial charge < -0.3 is 4.74 Å². The number of ether oxygens (including phenoxy) is 1. The predicted octanol–water partition coefficient (Wildman–Crippen LogP) is 1.55. The van der Waals surface area contributed by atoms with Gasteiger partial charge in [0.2, 0.25) is 4.96 Å². The smallest absolute Gasteiger partial charge is 0.315 e. The molecule has 1 atom stereocenters. The first kappa shape index (κ1) is 12.0. The van der Waals surface area contributed by atoms with Crippen molar-refractivity contribution >= 4 is 22.3 Å². The van der Waals surface area contributed by atoms with Crippen LogP contribution in [-0.4, -0.2) is 32.4 Å². The molecule has 0 amide bonds. The van der Waals surface area contributed by atoms with Crippen LogP contribution in [0.4, 0.5) is 0 Å². The third kappa shape index (κ3) is 2.14. The van der Waals surface area contributed by atoms with Gasteiger partial charge in [0.1, 0.15) is 10.9 Å². The molecule has 7 heteroatoms. The standard InChI is InChI=1S/C10H14N4O2S/c1-4-7(9(15)16-5-2)8-13-14-6(3)11-12-10(14)17-8/h7H,4-5H2,1-3H3. The van der Waals surface area contributed by atoms with Crippen LogP contribution in [0.5, 0.6) is 0 Å².